The fourth-order valence-electron chi connectivity index (χ4n) is 4.07. The normalized spacial score (nSPS) is 15.1. The zero-order chi connectivity index (χ0) is 25.9. The van der Waals surface area contributed by atoms with Crippen molar-refractivity contribution < 1.29 is 31.4 Å². The van der Waals surface area contributed by atoms with Gasteiger partial charge in [0.25, 0.3) is 10.0 Å². The number of benzene rings is 2. The predicted molar refractivity (Wildman–Crippen MR) is 139 cm³/mol. The van der Waals surface area contributed by atoms with Crippen LogP contribution < -0.4 is 9.46 Å². The summed E-state index contributed by atoms with van der Waals surface area (Å²) in [6, 6.07) is 10.4. The van der Waals surface area contributed by atoms with Gasteiger partial charge in [-0.15, -0.1) is 11.3 Å². The predicted octanol–water partition coefficient (Wildman–Crippen LogP) is 3.97. The van der Waals surface area contributed by atoms with Gasteiger partial charge in [-0.05, 0) is 73.7 Å². The molecule has 9 nitrogen and oxygen atoms in total. The van der Waals surface area contributed by atoms with Crippen LogP contribution in [0.2, 0.25) is 0 Å². The van der Waals surface area contributed by atoms with Gasteiger partial charge < -0.3 is 14.6 Å². The molecular weight excluding hydrogens is 524 g/mol. The molecule has 0 spiro atoms. The summed E-state index contributed by atoms with van der Waals surface area (Å²) in [5.74, 6) is 0.229. The second-order valence-electron chi connectivity index (χ2n) is 8.65. The average Bonchev–Trinajstić information content (AvgIpc) is 3.19. The molecule has 0 aliphatic carbocycles. The van der Waals surface area contributed by atoms with E-state index in [1.165, 1.54) is 48.8 Å². The van der Waals surface area contributed by atoms with Crippen molar-refractivity contribution in [1.29, 1.82) is 0 Å². The zero-order valence-electron chi connectivity index (χ0n) is 19.9. The maximum atomic E-state index is 13.2. The van der Waals surface area contributed by atoms with Crippen LogP contribution in [0.3, 0.4) is 0 Å². The van der Waals surface area contributed by atoms with Crippen LogP contribution in [0.15, 0.2) is 47.4 Å². The summed E-state index contributed by atoms with van der Waals surface area (Å²) in [5, 5.41) is 9.92. The number of rotatable bonds is 9. The summed E-state index contributed by atoms with van der Waals surface area (Å²) in [4.78, 5) is 5.09. The quantitative estimate of drug-likeness (QED) is 0.381. The van der Waals surface area contributed by atoms with Crippen LogP contribution in [0.1, 0.15) is 23.5 Å². The largest absolute Gasteiger partial charge is 0.508 e. The number of phenolic OH excluding ortho intramolecular Hbond substituents is 1. The Morgan fingerprint density at radius 1 is 1.11 bits per heavy atom. The third kappa shape index (κ3) is 6.36. The van der Waals surface area contributed by atoms with E-state index in [9.17, 15) is 21.9 Å². The SMILES string of the molecule is COc1ccc(-c2sc(CS(=O)(=O)CC3CCOCC3)nc2C)cc1S(=O)(=O)Nc1ccc(O)cc1. The molecule has 0 radical (unpaired) electrons. The van der Waals surface area contributed by atoms with E-state index in [2.05, 4.69) is 9.71 Å². The first-order valence-corrected chi connectivity index (χ1v) is 15.4. The Balaban J connectivity index is 1.59. The van der Waals surface area contributed by atoms with Gasteiger partial charge in [0.15, 0.2) is 9.84 Å². The highest BCUT2D eigenvalue weighted by molar-refractivity contribution is 7.92. The van der Waals surface area contributed by atoms with Gasteiger partial charge in [0, 0.05) is 18.9 Å². The van der Waals surface area contributed by atoms with E-state index in [4.69, 9.17) is 9.47 Å². The maximum absolute atomic E-state index is 13.2. The highest BCUT2D eigenvalue weighted by Gasteiger charge is 2.25. The topological polar surface area (TPSA) is 132 Å². The Morgan fingerprint density at radius 3 is 2.47 bits per heavy atom. The minimum absolute atomic E-state index is 0.0174. The number of sulfonamides is 1. The third-order valence-electron chi connectivity index (χ3n) is 5.85. The summed E-state index contributed by atoms with van der Waals surface area (Å²) in [6.45, 7) is 2.95. The van der Waals surface area contributed by atoms with Crippen molar-refractivity contribution in [3.05, 3.63) is 53.2 Å². The molecule has 2 N–H and O–H groups in total. The molecule has 1 saturated heterocycles. The van der Waals surface area contributed by atoms with Crippen molar-refractivity contribution in [2.45, 2.75) is 30.4 Å². The van der Waals surface area contributed by atoms with Gasteiger partial charge in [-0.25, -0.2) is 21.8 Å². The van der Waals surface area contributed by atoms with Crippen molar-refractivity contribution >= 4 is 36.9 Å². The molecule has 2 heterocycles. The number of phenols is 1. The first-order chi connectivity index (χ1) is 17.1. The van der Waals surface area contributed by atoms with E-state index in [1.54, 1.807) is 19.1 Å². The minimum atomic E-state index is -4.03. The van der Waals surface area contributed by atoms with Crippen LogP contribution >= 0.6 is 11.3 Å². The van der Waals surface area contributed by atoms with E-state index in [0.717, 1.165) is 12.8 Å². The molecule has 36 heavy (non-hydrogen) atoms. The Morgan fingerprint density at radius 2 is 1.81 bits per heavy atom. The number of aromatic hydroxyl groups is 1. The lowest BCUT2D eigenvalue weighted by atomic mass is 10.0. The van der Waals surface area contributed by atoms with Crippen LogP contribution in [0.25, 0.3) is 10.4 Å². The van der Waals surface area contributed by atoms with Gasteiger partial charge in [0.1, 0.15) is 27.2 Å². The molecule has 0 unspecified atom stereocenters. The first kappa shape index (κ1) is 26.4. The molecule has 194 valence electrons. The molecule has 1 aliphatic rings. The van der Waals surface area contributed by atoms with Crippen molar-refractivity contribution in [3.63, 3.8) is 0 Å². The average molecular weight is 553 g/mol. The highest BCUT2D eigenvalue weighted by Crippen LogP contribution is 2.36. The number of anilines is 1. The number of aromatic nitrogens is 1. The fraction of sp³-hybridized carbons (Fsp3) is 0.375. The number of thiazole rings is 1. The number of nitrogens with zero attached hydrogens (tertiary/aromatic N) is 1. The highest BCUT2D eigenvalue weighted by atomic mass is 32.2. The molecule has 3 aromatic rings. The maximum Gasteiger partial charge on any atom is 0.265 e. The van der Waals surface area contributed by atoms with Crippen LogP contribution in [-0.2, 0) is 30.4 Å². The number of ether oxygens (including phenoxy) is 2. The van der Waals surface area contributed by atoms with Gasteiger partial charge in [0.05, 0.1) is 23.4 Å². The molecule has 4 rings (SSSR count). The summed E-state index contributed by atoms with van der Waals surface area (Å²) in [7, 11) is -6.00. The van der Waals surface area contributed by atoms with Crippen LogP contribution in [-0.4, -0.2) is 53.0 Å². The Bertz CT molecular complexity index is 1430. The fourth-order valence-corrected chi connectivity index (χ4v) is 8.56. The van der Waals surface area contributed by atoms with Gasteiger partial charge in [-0.2, -0.15) is 0 Å². The van der Waals surface area contributed by atoms with Crippen molar-refractivity contribution in [3.8, 4) is 21.9 Å². The summed E-state index contributed by atoms with van der Waals surface area (Å²) in [5.41, 5.74) is 1.49. The third-order valence-corrected chi connectivity index (χ3v) is 10.3. The lowest BCUT2D eigenvalue weighted by Crippen LogP contribution is -2.24. The number of aryl methyl sites for hydroxylation is 1. The van der Waals surface area contributed by atoms with Gasteiger partial charge >= 0.3 is 0 Å². The van der Waals surface area contributed by atoms with Gasteiger partial charge in [0.2, 0.25) is 0 Å². The Labute approximate surface area is 215 Å². The molecule has 1 aliphatic heterocycles. The molecular formula is C24H28N2O7S3. The smallest absolute Gasteiger partial charge is 0.265 e. The van der Waals surface area contributed by atoms with Crippen molar-refractivity contribution in [1.82, 2.24) is 4.98 Å². The molecule has 0 amide bonds. The molecule has 0 saturated carbocycles. The van der Waals surface area contributed by atoms with E-state index < -0.39 is 19.9 Å². The molecule has 1 fully saturated rings. The standard InChI is InChI=1S/C24H28N2O7S3/c1-16-24(34-23(25-16)15-35(28,29)14-17-9-11-33-12-10-17)18-3-8-21(32-2)22(13-18)36(30,31)26-19-4-6-20(27)7-5-19/h3-8,13,17,26-27H,9-12,14-15H2,1-2H3. The van der Waals surface area contributed by atoms with E-state index in [1.807, 2.05) is 0 Å². The van der Waals surface area contributed by atoms with E-state index in [-0.39, 0.29) is 39.5 Å². The van der Waals surface area contributed by atoms with Crippen LogP contribution in [0.5, 0.6) is 11.5 Å². The number of methoxy groups -OCH3 is 1. The van der Waals surface area contributed by atoms with Gasteiger partial charge in [-0.1, -0.05) is 0 Å². The number of hydrogen-bond donors (Lipinski definition) is 2. The second-order valence-corrected chi connectivity index (χ2v) is 13.5. The van der Waals surface area contributed by atoms with E-state index in [0.29, 0.717) is 34.4 Å². The summed E-state index contributed by atoms with van der Waals surface area (Å²) in [6.07, 6.45) is 1.48. The Kier molecular flexibility index (Phi) is 7.88. The van der Waals surface area contributed by atoms with Crippen LogP contribution in [0, 0.1) is 12.8 Å². The van der Waals surface area contributed by atoms with Crippen molar-refractivity contribution in [2.24, 2.45) is 5.92 Å². The molecule has 0 bridgehead atoms. The lowest BCUT2D eigenvalue weighted by Gasteiger charge is -2.21. The summed E-state index contributed by atoms with van der Waals surface area (Å²) >= 11 is 1.24. The van der Waals surface area contributed by atoms with Crippen molar-refractivity contribution in [2.75, 3.05) is 30.8 Å². The molecule has 1 aromatic heterocycles. The molecule has 12 heteroatoms. The van der Waals surface area contributed by atoms with Gasteiger partial charge in [-0.3, -0.25) is 4.72 Å². The monoisotopic (exact) mass is 552 g/mol. The molecule has 0 atom stereocenters. The second kappa shape index (κ2) is 10.8. The lowest BCUT2D eigenvalue weighted by molar-refractivity contribution is 0.0723. The zero-order valence-corrected chi connectivity index (χ0v) is 22.4. The minimum Gasteiger partial charge on any atom is -0.508 e. The van der Waals surface area contributed by atoms with E-state index >= 15 is 0 Å². The number of sulfone groups is 1. The number of hydrogen-bond acceptors (Lipinski definition) is 9. The summed E-state index contributed by atoms with van der Waals surface area (Å²) < 4.78 is 65.0. The molecule has 2 aromatic carbocycles. The first-order valence-electron chi connectivity index (χ1n) is 11.3. The number of nitrogens with one attached hydrogen (secondary N) is 1. The van der Waals surface area contributed by atoms with Crippen LogP contribution in [0.4, 0.5) is 5.69 Å². The Hall–Kier alpha value is -2.67.